The summed E-state index contributed by atoms with van der Waals surface area (Å²) < 4.78 is 10.3. The van der Waals surface area contributed by atoms with E-state index in [1.54, 1.807) is 6.07 Å². The molecule has 1 aromatic carbocycles. The van der Waals surface area contributed by atoms with Gasteiger partial charge in [-0.05, 0) is 18.2 Å². The van der Waals surface area contributed by atoms with E-state index in [9.17, 15) is 4.79 Å². The Hall–Kier alpha value is -2.63. The minimum atomic E-state index is -1.10. The maximum absolute atomic E-state index is 11.1. The number of rotatable bonds is 4. The van der Waals surface area contributed by atoms with Crippen LogP contribution in [0.4, 0.5) is 0 Å². The molecule has 0 bridgehead atoms. The van der Waals surface area contributed by atoms with Gasteiger partial charge in [0.05, 0.1) is 13.3 Å². The molecule has 1 N–H and O–H groups in total. The van der Waals surface area contributed by atoms with Gasteiger partial charge in [0.2, 0.25) is 5.88 Å². The highest BCUT2D eigenvalue weighted by Gasteiger charge is 2.13. The van der Waals surface area contributed by atoms with E-state index in [4.69, 9.17) is 14.6 Å². The fourth-order valence-corrected chi connectivity index (χ4v) is 1.34. The maximum Gasteiger partial charge on any atom is 0.339 e. The van der Waals surface area contributed by atoms with E-state index in [1.807, 2.05) is 0 Å². The molecule has 0 radical (unpaired) electrons. The Bertz CT molecular complexity index is 557. The molecule has 0 aliphatic rings. The molecule has 1 aromatic heterocycles. The molecule has 92 valence electrons. The third kappa shape index (κ3) is 2.54. The van der Waals surface area contributed by atoms with Gasteiger partial charge in [-0.3, -0.25) is 4.98 Å². The van der Waals surface area contributed by atoms with Crippen LogP contribution in [-0.2, 0) is 0 Å². The topological polar surface area (TPSA) is 81.5 Å². The fraction of sp³-hybridized carbons (Fsp3) is 0.0833. The van der Waals surface area contributed by atoms with Crippen LogP contribution in [0.1, 0.15) is 10.4 Å². The van der Waals surface area contributed by atoms with Crippen molar-refractivity contribution in [1.29, 1.82) is 0 Å². The zero-order valence-electron chi connectivity index (χ0n) is 9.53. The largest absolute Gasteiger partial charge is 0.497 e. The van der Waals surface area contributed by atoms with Crippen molar-refractivity contribution in [2.24, 2.45) is 0 Å². The molecule has 0 aliphatic heterocycles. The van der Waals surface area contributed by atoms with Crippen LogP contribution in [0.2, 0.25) is 0 Å². The van der Waals surface area contributed by atoms with Gasteiger partial charge < -0.3 is 14.6 Å². The molecule has 2 rings (SSSR count). The summed E-state index contributed by atoms with van der Waals surface area (Å²) in [5, 5.41) is 9.09. The smallest absolute Gasteiger partial charge is 0.339 e. The SMILES string of the molecule is COc1ccc(Oc2cnccn2)c(C(=O)O)c1. The number of carboxylic acids is 1. The van der Waals surface area contributed by atoms with Crippen LogP contribution in [0.15, 0.2) is 36.8 Å². The molecule has 0 aliphatic carbocycles. The van der Waals surface area contributed by atoms with Crippen molar-refractivity contribution < 1.29 is 19.4 Å². The van der Waals surface area contributed by atoms with Gasteiger partial charge in [-0.1, -0.05) is 0 Å². The van der Waals surface area contributed by atoms with E-state index in [1.165, 1.54) is 37.8 Å². The second-order valence-corrected chi connectivity index (χ2v) is 3.31. The predicted octanol–water partition coefficient (Wildman–Crippen LogP) is 1.98. The first-order valence-corrected chi connectivity index (χ1v) is 5.06. The van der Waals surface area contributed by atoms with Crippen LogP contribution < -0.4 is 9.47 Å². The number of carbonyl (C=O) groups is 1. The van der Waals surface area contributed by atoms with Crippen LogP contribution in [-0.4, -0.2) is 28.2 Å². The number of aromatic nitrogens is 2. The third-order valence-electron chi connectivity index (χ3n) is 2.17. The third-order valence-corrected chi connectivity index (χ3v) is 2.17. The highest BCUT2D eigenvalue weighted by atomic mass is 16.5. The average Bonchev–Trinajstić information content (AvgIpc) is 2.40. The summed E-state index contributed by atoms with van der Waals surface area (Å²) in [6, 6.07) is 4.50. The molecule has 0 saturated carbocycles. The lowest BCUT2D eigenvalue weighted by Gasteiger charge is -2.08. The van der Waals surface area contributed by atoms with E-state index < -0.39 is 5.97 Å². The van der Waals surface area contributed by atoms with Gasteiger partial charge in [0.1, 0.15) is 17.1 Å². The summed E-state index contributed by atoms with van der Waals surface area (Å²) in [5.74, 6) is -0.249. The first kappa shape index (κ1) is 11.8. The number of methoxy groups -OCH3 is 1. The van der Waals surface area contributed by atoms with Crippen molar-refractivity contribution >= 4 is 5.97 Å². The maximum atomic E-state index is 11.1. The Balaban J connectivity index is 2.35. The number of ether oxygens (including phenoxy) is 2. The summed E-state index contributed by atoms with van der Waals surface area (Å²) in [6.45, 7) is 0. The molecule has 1 heterocycles. The monoisotopic (exact) mass is 246 g/mol. The van der Waals surface area contributed by atoms with E-state index in [-0.39, 0.29) is 17.2 Å². The molecule has 0 saturated heterocycles. The number of nitrogens with zero attached hydrogens (tertiary/aromatic N) is 2. The van der Waals surface area contributed by atoms with Crippen molar-refractivity contribution in [3.63, 3.8) is 0 Å². The van der Waals surface area contributed by atoms with E-state index in [2.05, 4.69) is 9.97 Å². The Morgan fingerprint density at radius 2 is 2.17 bits per heavy atom. The number of carboxylic acid groups (broad SMARTS) is 1. The zero-order valence-corrected chi connectivity index (χ0v) is 9.53. The summed E-state index contributed by atoms with van der Waals surface area (Å²) >= 11 is 0. The van der Waals surface area contributed by atoms with Crippen molar-refractivity contribution in [2.75, 3.05) is 7.11 Å². The van der Waals surface area contributed by atoms with Gasteiger partial charge in [0.25, 0.3) is 0 Å². The fourth-order valence-electron chi connectivity index (χ4n) is 1.34. The highest BCUT2D eigenvalue weighted by molar-refractivity contribution is 5.91. The van der Waals surface area contributed by atoms with Gasteiger partial charge in [0.15, 0.2) is 0 Å². The molecule has 6 nitrogen and oxygen atoms in total. The highest BCUT2D eigenvalue weighted by Crippen LogP contribution is 2.27. The van der Waals surface area contributed by atoms with Crippen molar-refractivity contribution in [3.8, 4) is 17.4 Å². The summed E-state index contributed by atoms with van der Waals surface area (Å²) in [6.07, 6.45) is 4.36. The van der Waals surface area contributed by atoms with Crippen LogP contribution >= 0.6 is 0 Å². The molecule has 18 heavy (non-hydrogen) atoms. The second kappa shape index (κ2) is 5.13. The number of hydrogen-bond acceptors (Lipinski definition) is 5. The number of hydrogen-bond donors (Lipinski definition) is 1. The summed E-state index contributed by atoms with van der Waals surface area (Å²) in [7, 11) is 1.46. The number of benzene rings is 1. The van der Waals surface area contributed by atoms with Crippen LogP contribution in [0, 0.1) is 0 Å². The predicted molar refractivity (Wildman–Crippen MR) is 62.1 cm³/mol. The zero-order chi connectivity index (χ0) is 13.0. The van der Waals surface area contributed by atoms with Gasteiger partial charge >= 0.3 is 5.97 Å². The molecule has 2 aromatic rings. The Morgan fingerprint density at radius 1 is 1.33 bits per heavy atom. The minimum absolute atomic E-state index is 0.00000283. The molecular weight excluding hydrogens is 236 g/mol. The molecule has 6 heteroatoms. The lowest BCUT2D eigenvalue weighted by atomic mass is 10.2. The Kier molecular flexibility index (Phi) is 3.38. The van der Waals surface area contributed by atoms with Gasteiger partial charge in [-0.25, -0.2) is 9.78 Å². The van der Waals surface area contributed by atoms with Gasteiger partial charge in [-0.15, -0.1) is 0 Å². The average molecular weight is 246 g/mol. The molecule has 0 spiro atoms. The molecule has 0 unspecified atom stereocenters. The van der Waals surface area contributed by atoms with Gasteiger partial charge in [-0.2, -0.15) is 0 Å². The molecule has 0 fully saturated rings. The molecule has 0 atom stereocenters. The normalized spacial score (nSPS) is 9.83. The summed E-state index contributed by atoms with van der Waals surface area (Å²) in [4.78, 5) is 18.8. The minimum Gasteiger partial charge on any atom is -0.497 e. The van der Waals surface area contributed by atoms with Crippen molar-refractivity contribution in [1.82, 2.24) is 9.97 Å². The second-order valence-electron chi connectivity index (χ2n) is 3.31. The lowest BCUT2D eigenvalue weighted by molar-refractivity contribution is 0.0693. The standard InChI is InChI=1S/C12H10N2O4/c1-17-8-2-3-10(9(6-8)12(15)16)18-11-7-13-4-5-14-11/h2-7H,1H3,(H,15,16). The quantitative estimate of drug-likeness (QED) is 0.888. The van der Waals surface area contributed by atoms with Crippen LogP contribution in [0.3, 0.4) is 0 Å². The first-order valence-electron chi connectivity index (χ1n) is 5.06. The van der Waals surface area contributed by atoms with Crippen molar-refractivity contribution in [2.45, 2.75) is 0 Å². The number of aromatic carboxylic acids is 1. The first-order chi connectivity index (χ1) is 8.70. The molecular formula is C12H10N2O4. The Labute approximate surface area is 103 Å². The van der Waals surface area contributed by atoms with Crippen molar-refractivity contribution in [3.05, 3.63) is 42.4 Å². The summed E-state index contributed by atoms with van der Waals surface area (Å²) in [5.41, 5.74) is 0.00000283. The van der Waals surface area contributed by atoms with Gasteiger partial charge in [0, 0.05) is 12.4 Å². The van der Waals surface area contributed by atoms with E-state index >= 15 is 0 Å². The van der Waals surface area contributed by atoms with E-state index in [0.29, 0.717) is 5.75 Å². The Morgan fingerprint density at radius 3 is 2.78 bits per heavy atom. The van der Waals surface area contributed by atoms with Crippen LogP contribution in [0.25, 0.3) is 0 Å². The molecule has 0 amide bonds. The van der Waals surface area contributed by atoms with Crippen LogP contribution in [0.5, 0.6) is 17.4 Å². The lowest BCUT2D eigenvalue weighted by Crippen LogP contribution is -2.01. The van der Waals surface area contributed by atoms with E-state index in [0.717, 1.165) is 0 Å².